The van der Waals surface area contributed by atoms with Gasteiger partial charge in [-0.2, -0.15) is 4.33 Å². The second-order valence-electron chi connectivity index (χ2n) is 10.8. The van der Waals surface area contributed by atoms with Crippen molar-refractivity contribution < 1.29 is 27.5 Å². The van der Waals surface area contributed by atoms with E-state index in [2.05, 4.69) is 16.0 Å². The van der Waals surface area contributed by atoms with Crippen LogP contribution in [0.5, 0.6) is 0 Å². The molecule has 0 N–H and O–H groups in total. The van der Waals surface area contributed by atoms with E-state index >= 15 is 0 Å². The molecule has 0 aliphatic heterocycles. The highest BCUT2D eigenvalue weighted by molar-refractivity contribution is 7.94. The van der Waals surface area contributed by atoms with Gasteiger partial charge in [-0.1, -0.05) is 36.4 Å². The fourth-order valence-electron chi connectivity index (χ4n) is 5.37. The summed E-state index contributed by atoms with van der Waals surface area (Å²) in [6.45, 7) is 0. The van der Waals surface area contributed by atoms with E-state index in [0.29, 0.717) is 16.1 Å². The summed E-state index contributed by atoms with van der Waals surface area (Å²) in [7, 11) is 3.40. The van der Waals surface area contributed by atoms with Gasteiger partial charge < -0.3 is 15.1 Å². The van der Waals surface area contributed by atoms with E-state index in [1.165, 1.54) is 18.4 Å². The van der Waals surface area contributed by atoms with Gasteiger partial charge in [-0.15, -0.1) is 0 Å². The van der Waals surface area contributed by atoms with Crippen LogP contribution in [0, 0.1) is 0 Å². The molecule has 0 atom stereocenters. The Kier molecular flexibility index (Phi) is 8.96. The number of nitrogens with zero attached hydrogens (tertiary/aromatic N) is 3. The first-order valence-electron chi connectivity index (χ1n) is 14.3. The second kappa shape index (κ2) is 13.1. The standard InChI is InChI=1S/C35H31N3O6S2/c1-36(2)46(40,41)28-18-14-25(15-19-28)38(4)27-17-21-30-33(23-27)42-32-22-26(37(3)24-10-6-5-7-11-24)16-20-29(32)35(30)31-12-8-9-13-34(31)45-44-43-39/h5-23H,1-4H3. The Morgan fingerprint density at radius 3 is 1.74 bits per heavy atom. The Hall–Kier alpha value is -4.49. The average molecular weight is 654 g/mol. The lowest BCUT2D eigenvalue weighted by Gasteiger charge is -2.20. The quantitative estimate of drug-likeness (QED) is 0.0488. The van der Waals surface area contributed by atoms with E-state index in [-0.39, 0.29) is 4.90 Å². The molecule has 46 heavy (non-hydrogen) atoms. The molecule has 0 spiro atoms. The highest BCUT2D eigenvalue weighted by Crippen LogP contribution is 2.43. The first-order chi connectivity index (χ1) is 22.2. The minimum atomic E-state index is -3.54. The molecule has 5 aromatic carbocycles. The summed E-state index contributed by atoms with van der Waals surface area (Å²) in [4.78, 5) is 4.98. The second-order valence-corrected chi connectivity index (χ2v) is 13.7. The third-order valence-corrected chi connectivity index (χ3v) is 10.4. The molecule has 0 unspecified atom stereocenters. The highest BCUT2D eigenvalue weighted by Gasteiger charge is 2.25. The monoisotopic (exact) mass is 653 g/mol. The van der Waals surface area contributed by atoms with Gasteiger partial charge in [-0.3, -0.25) is 5.04 Å². The topological polar surface area (TPSA) is 96.7 Å². The van der Waals surface area contributed by atoms with Crippen molar-refractivity contribution in [3.8, 4) is 11.1 Å². The SMILES string of the molecule is CN(c1ccccc1)c1ccc2c(-c3ccccc3SOO[O-])c3ccc(N(C)c4ccc(S(=O)(=O)N(C)C)cc4)cc3[o+]c2c1. The maximum Gasteiger partial charge on any atom is 0.363 e. The zero-order chi connectivity index (χ0) is 32.4. The van der Waals surface area contributed by atoms with Crippen LogP contribution >= 0.6 is 12.0 Å². The predicted octanol–water partition coefficient (Wildman–Crippen LogP) is 7.55. The molecule has 6 aromatic rings. The molecular formula is C35H31N3O6S2. The Balaban J connectivity index is 1.50. The number of sulfonamides is 1. The minimum absolute atomic E-state index is 0.221. The van der Waals surface area contributed by atoms with Gasteiger partial charge >= 0.3 is 11.2 Å². The van der Waals surface area contributed by atoms with E-state index in [4.69, 9.17) is 8.75 Å². The molecule has 0 amide bonds. The molecule has 234 valence electrons. The summed E-state index contributed by atoms with van der Waals surface area (Å²) in [5.74, 6) is 0. The number of hydrogen-bond donors (Lipinski definition) is 0. The van der Waals surface area contributed by atoms with Crippen molar-refractivity contribution >= 4 is 66.8 Å². The number of benzene rings is 5. The van der Waals surface area contributed by atoms with Crippen LogP contribution in [-0.4, -0.2) is 40.9 Å². The lowest BCUT2D eigenvalue weighted by atomic mass is 9.96. The van der Waals surface area contributed by atoms with E-state index in [9.17, 15) is 13.7 Å². The summed E-state index contributed by atoms with van der Waals surface area (Å²) in [6.07, 6.45) is 0. The van der Waals surface area contributed by atoms with Crippen LogP contribution in [0.25, 0.3) is 33.1 Å². The Morgan fingerprint density at radius 2 is 1.17 bits per heavy atom. The van der Waals surface area contributed by atoms with E-state index in [1.807, 2.05) is 104 Å². The molecule has 0 fully saturated rings. The Bertz CT molecular complexity index is 2130. The molecule has 0 aliphatic carbocycles. The van der Waals surface area contributed by atoms with Crippen LogP contribution in [0.1, 0.15) is 0 Å². The molecule has 0 saturated heterocycles. The summed E-state index contributed by atoms with van der Waals surface area (Å²) in [6, 6.07) is 36.5. The molecule has 1 heterocycles. The smallest absolute Gasteiger partial charge is 0.363 e. The van der Waals surface area contributed by atoms with Gasteiger partial charge in [0.15, 0.2) is 0 Å². The summed E-state index contributed by atoms with van der Waals surface area (Å²) in [5, 5.41) is 16.1. The number of para-hydroxylation sites is 1. The molecule has 0 aliphatic rings. The van der Waals surface area contributed by atoms with Crippen LogP contribution in [-0.2, 0) is 19.4 Å². The first kappa shape index (κ1) is 31.5. The van der Waals surface area contributed by atoms with Gasteiger partial charge in [-0.25, -0.2) is 17.1 Å². The zero-order valence-corrected chi connectivity index (χ0v) is 27.2. The van der Waals surface area contributed by atoms with Gasteiger partial charge in [0.2, 0.25) is 10.0 Å². The van der Waals surface area contributed by atoms with E-state index in [1.54, 1.807) is 24.3 Å². The summed E-state index contributed by atoms with van der Waals surface area (Å²) in [5.41, 5.74) is 6.69. The van der Waals surface area contributed by atoms with Crippen LogP contribution in [0.4, 0.5) is 22.7 Å². The Labute approximate surface area is 271 Å². The van der Waals surface area contributed by atoms with Crippen molar-refractivity contribution in [1.29, 1.82) is 0 Å². The van der Waals surface area contributed by atoms with Gasteiger partial charge in [0.05, 0.1) is 51.2 Å². The van der Waals surface area contributed by atoms with E-state index in [0.717, 1.165) is 56.7 Å². The normalized spacial score (nSPS) is 11.8. The largest absolute Gasteiger partial charge is 0.691 e. The maximum absolute atomic E-state index is 12.6. The van der Waals surface area contributed by atoms with Crippen molar-refractivity contribution in [3.05, 3.63) is 115 Å². The third-order valence-electron chi connectivity index (χ3n) is 7.92. The maximum atomic E-state index is 12.6. The molecular weight excluding hydrogens is 623 g/mol. The average Bonchev–Trinajstić information content (AvgIpc) is 3.09. The van der Waals surface area contributed by atoms with Crippen molar-refractivity contribution in [2.45, 2.75) is 9.79 Å². The zero-order valence-electron chi connectivity index (χ0n) is 25.6. The van der Waals surface area contributed by atoms with Crippen molar-refractivity contribution in [2.75, 3.05) is 38.0 Å². The van der Waals surface area contributed by atoms with Crippen molar-refractivity contribution in [3.63, 3.8) is 0 Å². The van der Waals surface area contributed by atoms with Crippen molar-refractivity contribution in [2.24, 2.45) is 0 Å². The van der Waals surface area contributed by atoms with Crippen LogP contribution in [0.2, 0.25) is 0 Å². The van der Waals surface area contributed by atoms with Crippen LogP contribution in [0.3, 0.4) is 0 Å². The van der Waals surface area contributed by atoms with Gasteiger partial charge in [0.1, 0.15) is 0 Å². The minimum Gasteiger partial charge on any atom is -0.691 e. The van der Waals surface area contributed by atoms with Gasteiger partial charge in [-0.05, 0) is 72.3 Å². The number of hydrogen-bond acceptors (Lipinski definition) is 8. The lowest BCUT2D eigenvalue weighted by Crippen LogP contribution is -2.22. The fourth-order valence-corrected chi connectivity index (χ4v) is 6.77. The summed E-state index contributed by atoms with van der Waals surface area (Å²) < 4.78 is 37.7. The molecule has 9 nitrogen and oxygen atoms in total. The number of anilines is 4. The molecule has 11 heteroatoms. The number of rotatable bonds is 10. The molecule has 0 saturated carbocycles. The molecule has 6 rings (SSSR count). The molecule has 1 aromatic heterocycles. The molecule has 0 radical (unpaired) electrons. The summed E-state index contributed by atoms with van der Waals surface area (Å²) >= 11 is 0.847. The lowest BCUT2D eigenvalue weighted by molar-refractivity contribution is -0.777. The fraction of sp³-hybridized carbons (Fsp3) is 0.114. The molecule has 0 bridgehead atoms. The van der Waals surface area contributed by atoms with Gasteiger partial charge in [0.25, 0.3) is 0 Å². The van der Waals surface area contributed by atoms with Crippen LogP contribution in [0.15, 0.2) is 129 Å². The highest BCUT2D eigenvalue weighted by atomic mass is 32.2. The van der Waals surface area contributed by atoms with Crippen molar-refractivity contribution in [1.82, 2.24) is 4.31 Å². The Morgan fingerprint density at radius 1 is 0.652 bits per heavy atom. The van der Waals surface area contributed by atoms with E-state index < -0.39 is 10.0 Å². The predicted molar refractivity (Wildman–Crippen MR) is 181 cm³/mol. The van der Waals surface area contributed by atoms with Gasteiger partial charge in [0, 0.05) is 50.0 Å². The third kappa shape index (κ3) is 6.04. The number of fused-ring (bicyclic) bond motifs is 2. The van der Waals surface area contributed by atoms with Crippen LogP contribution < -0.4 is 15.1 Å². The first-order valence-corrected chi connectivity index (χ1v) is 16.5.